The number of carbonyl (C=O) groups is 1. The number of likely N-dealkylation sites (tertiary alicyclic amines) is 1. The van der Waals surface area contributed by atoms with Crippen molar-refractivity contribution in [3.63, 3.8) is 0 Å². The summed E-state index contributed by atoms with van der Waals surface area (Å²) in [4.78, 5) is 25.0. The van der Waals surface area contributed by atoms with Crippen LogP contribution in [0, 0.1) is 18.6 Å². The standard InChI is InChI=1S/C20H25F2N5O/c1-13-10-18(26(2)3)25-20(23-13)24-16-6-8-27(9-7-16)19(28)11-14-4-5-15(21)12-17(14)22/h4-5,10,12,16H,6-9,11H2,1-3H3,(H,23,24,25). The molecule has 1 aliphatic heterocycles. The Hall–Kier alpha value is -2.77. The molecule has 3 rings (SSSR count). The lowest BCUT2D eigenvalue weighted by Crippen LogP contribution is -2.43. The fourth-order valence-electron chi connectivity index (χ4n) is 3.24. The highest BCUT2D eigenvalue weighted by molar-refractivity contribution is 5.79. The number of benzene rings is 1. The fourth-order valence-corrected chi connectivity index (χ4v) is 3.24. The molecule has 1 aromatic carbocycles. The molecule has 150 valence electrons. The molecule has 1 aliphatic rings. The third-order valence-corrected chi connectivity index (χ3v) is 4.84. The third-order valence-electron chi connectivity index (χ3n) is 4.84. The van der Waals surface area contributed by atoms with Gasteiger partial charge in [0, 0.05) is 51.1 Å². The first kappa shape index (κ1) is 20.0. The van der Waals surface area contributed by atoms with Gasteiger partial charge in [0.25, 0.3) is 0 Å². The van der Waals surface area contributed by atoms with Crippen molar-refractivity contribution >= 4 is 17.7 Å². The Morgan fingerprint density at radius 1 is 1.21 bits per heavy atom. The number of hydrogen-bond acceptors (Lipinski definition) is 5. The smallest absolute Gasteiger partial charge is 0.227 e. The lowest BCUT2D eigenvalue weighted by Gasteiger charge is -2.32. The summed E-state index contributed by atoms with van der Waals surface area (Å²) in [6.45, 7) is 3.08. The highest BCUT2D eigenvalue weighted by atomic mass is 19.1. The molecule has 0 bridgehead atoms. The minimum atomic E-state index is -0.682. The van der Waals surface area contributed by atoms with Crippen LogP contribution in [0.25, 0.3) is 0 Å². The minimum absolute atomic E-state index is 0.0581. The van der Waals surface area contributed by atoms with E-state index < -0.39 is 11.6 Å². The summed E-state index contributed by atoms with van der Waals surface area (Å²) in [5.41, 5.74) is 1.10. The molecule has 0 unspecified atom stereocenters. The number of carbonyl (C=O) groups excluding carboxylic acids is 1. The summed E-state index contributed by atoms with van der Waals surface area (Å²) in [5, 5.41) is 3.35. The number of rotatable bonds is 5. The van der Waals surface area contributed by atoms with E-state index in [2.05, 4.69) is 15.3 Å². The van der Waals surface area contributed by atoms with Crippen LogP contribution in [0.3, 0.4) is 0 Å². The van der Waals surface area contributed by atoms with E-state index in [1.807, 2.05) is 32.0 Å². The molecule has 0 spiro atoms. The van der Waals surface area contributed by atoms with Crippen molar-refractivity contribution in [2.24, 2.45) is 0 Å². The predicted molar refractivity (Wildman–Crippen MR) is 104 cm³/mol. The number of nitrogens with zero attached hydrogens (tertiary/aromatic N) is 4. The van der Waals surface area contributed by atoms with Crippen molar-refractivity contribution in [3.05, 3.63) is 47.2 Å². The predicted octanol–water partition coefficient (Wildman–Crippen LogP) is 2.77. The van der Waals surface area contributed by atoms with Crippen molar-refractivity contribution in [2.75, 3.05) is 37.4 Å². The normalized spacial score (nSPS) is 14.8. The molecule has 1 aromatic heterocycles. The molecule has 1 saturated heterocycles. The Balaban J connectivity index is 1.55. The Morgan fingerprint density at radius 2 is 1.93 bits per heavy atom. The molecule has 0 saturated carbocycles. The van der Waals surface area contributed by atoms with E-state index in [0.717, 1.165) is 30.4 Å². The molecular formula is C20H25F2N5O. The van der Waals surface area contributed by atoms with Gasteiger partial charge in [-0.2, -0.15) is 4.98 Å². The summed E-state index contributed by atoms with van der Waals surface area (Å²) in [6, 6.07) is 5.40. The van der Waals surface area contributed by atoms with Crippen LogP contribution in [-0.4, -0.2) is 54.0 Å². The minimum Gasteiger partial charge on any atom is -0.363 e. The van der Waals surface area contributed by atoms with Crippen molar-refractivity contribution in [1.29, 1.82) is 0 Å². The maximum absolute atomic E-state index is 13.8. The third kappa shape index (κ3) is 4.94. The van der Waals surface area contributed by atoms with E-state index in [4.69, 9.17) is 0 Å². The first-order valence-electron chi connectivity index (χ1n) is 9.33. The largest absolute Gasteiger partial charge is 0.363 e. The first-order valence-corrected chi connectivity index (χ1v) is 9.33. The molecule has 0 radical (unpaired) electrons. The number of anilines is 2. The molecule has 28 heavy (non-hydrogen) atoms. The number of amides is 1. The van der Waals surface area contributed by atoms with Gasteiger partial charge in [-0.3, -0.25) is 4.79 Å². The second-order valence-corrected chi connectivity index (χ2v) is 7.30. The molecule has 2 aromatic rings. The molecule has 0 aliphatic carbocycles. The van der Waals surface area contributed by atoms with Crippen molar-refractivity contribution in [3.8, 4) is 0 Å². The van der Waals surface area contributed by atoms with Crippen molar-refractivity contribution < 1.29 is 13.6 Å². The summed E-state index contributed by atoms with van der Waals surface area (Å²) in [7, 11) is 3.86. The molecule has 0 atom stereocenters. The van der Waals surface area contributed by atoms with Gasteiger partial charge in [-0.25, -0.2) is 13.8 Å². The van der Waals surface area contributed by atoms with E-state index >= 15 is 0 Å². The molecule has 1 N–H and O–H groups in total. The number of aryl methyl sites for hydroxylation is 1. The highest BCUT2D eigenvalue weighted by Crippen LogP contribution is 2.19. The zero-order valence-electron chi connectivity index (χ0n) is 16.4. The summed E-state index contributed by atoms with van der Waals surface area (Å²) >= 11 is 0. The van der Waals surface area contributed by atoms with E-state index in [0.29, 0.717) is 19.0 Å². The van der Waals surface area contributed by atoms with E-state index in [-0.39, 0.29) is 23.9 Å². The fraction of sp³-hybridized carbons (Fsp3) is 0.450. The first-order chi connectivity index (χ1) is 13.3. The SMILES string of the molecule is Cc1cc(N(C)C)nc(NC2CCN(C(=O)Cc3ccc(F)cc3F)CC2)n1. The maximum atomic E-state index is 13.8. The Morgan fingerprint density at radius 3 is 2.57 bits per heavy atom. The zero-order chi connectivity index (χ0) is 20.3. The summed E-state index contributed by atoms with van der Waals surface area (Å²) < 4.78 is 26.8. The lowest BCUT2D eigenvalue weighted by molar-refractivity contribution is -0.131. The van der Waals surface area contributed by atoms with Crippen molar-refractivity contribution in [2.45, 2.75) is 32.2 Å². The van der Waals surface area contributed by atoms with E-state index in [1.54, 1.807) is 4.90 Å². The van der Waals surface area contributed by atoms with Gasteiger partial charge in [-0.05, 0) is 31.4 Å². The van der Waals surface area contributed by atoms with Gasteiger partial charge in [0.05, 0.1) is 6.42 Å². The Labute approximate surface area is 163 Å². The Kier molecular flexibility index (Phi) is 6.06. The van der Waals surface area contributed by atoms with Crippen LogP contribution in [0.5, 0.6) is 0 Å². The lowest BCUT2D eigenvalue weighted by atomic mass is 10.0. The highest BCUT2D eigenvalue weighted by Gasteiger charge is 2.24. The van der Waals surface area contributed by atoms with Crippen LogP contribution in [0.2, 0.25) is 0 Å². The molecule has 1 fully saturated rings. The second-order valence-electron chi connectivity index (χ2n) is 7.30. The molecular weight excluding hydrogens is 364 g/mol. The van der Waals surface area contributed by atoms with Crippen LogP contribution in [0.4, 0.5) is 20.5 Å². The molecule has 1 amide bonds. The van der Waals surface area contributed by atoms with Crippen LogP contribution >= 0.6 is 0 Å². The maximum Gasteiger partial charge on any atom is 0.227 e. The summed E-state index contributed by atoms with van der Waals surface area (Å²) in [5.74, 6) is -0.0500. The van der Waals surface area contributed by atoms with Crippen LogP contribution < -0.4 is 10.2 Å². The number of nitrogens with one attached hydrogen (secondary N) is 1. The number of halogens is 2. The number of piperidine rings is 1. The van der Waals surface area contributed by atoms with Crippen molar-refractivity contribution in [1.82, 2.24) is 14.9 Å². The average molecular weight is 389 g/mol. The van der Waals surface area contributed by atoms with Crippen LogP contribution in [-0.2, 0) is 11.2 Å². The summed E-state index contributed by atoms with van der Waals surface area (Å²) in [6.07, 6.45) is 1.45. The van der Waals surface area contributed by atoms with Gasteiger partial charge in [0.1, 0.15) is 17.5 Å². The van der Waals surface area contributed by atoms with Gasteiger partial charge in [0.15, 0.2) is 0 Å². The quantitative estimate of drug-likeness (QED) is 0.852. The van der Waals surface area contributed by atoms with Crippen LogP contribution in [0.1, 0.15) is 24.1 Å². The molecule has 8 heteroatoms. The monoisotopic (exact) mass is 389 g/mol. The number of hydrogen-bond donors (Lipinski definition) is 1. The number of aromatic nitrogens is 2. The van der Waals surface area contributed by atoms with E-state index in [9.17, 15) is 13.6 Å². The average Bonchev–Trinajstić information content (AvgIpc) is 2.64. The van der Waals surface area contributed by atoms with Gasteiger partial charge < -0.3 is 15.1 Å². The van der Waals surface area contributed by atoms with Crippen LogP contribution in [0.15, 0.2) is 24.3 Å². The molecule has 6 nitrogen and oxygen atoms in total. The van der Waals surface area contributed by atoms with Gasteiger partial charge in [-0.1, -0.05) is 6.07 Å². The Bertz CT molecular complexity index is 850. The second kappa shape index (κ2) is 8.50. The van der Waals surface area contributed by atoms with Gasteiger partial charge in [0.2, 0.25) is 11.9 Å². The zero-order valence-corrected chi connectivity index (χ0v) is 16.4. The van der Waals surface area contributed by atoms with Gasteiger partial charge in [-0.15, -0.1) is 0 Å². The molecule has 2 heterocycles. The van der Waals surface area contributed by atoms with Gasteiger partial charge >= 0.3 is 0 Å². The topological polar surface area (TPSA) is 61.4 Å². The van der Waals surface area contributed by atoms with E-state index in [1.165, 1.54) is 12.1 Å².